The van der Waals surface area contributed by atoms with Gasteiger partial charge in [0.2, 0.25) is 12.7 Å². The van der Waals surface area contributed by atoms with E-state index in [1.54, 1.807) is 6.07 Å². The van der Waals surface area contributed by atoms with Crippen LogP contribution in [0.25, 0.3) is 0 Å². The number of hydrogen-bond acceptors (Lipinski definition) is 4. The molecule has 1 heterocycles. The van der Waals surface area contributed by atoms with Gasteiger partial charge < -0.3 is 14.8 Å². The third kappa shape index (κ3) is 4.00. The Balaban J connectivity index is 1.57. The van der Waals surface area contributed by atoms with E-state index < -0.39 is 6.04 Å². The molecule has 1 atom stereocenters. The quantitative estimate of drug-likeness (QED) is 0.702. The van der Waals surface area contributed by atoms with E-state index in [-0.39, 0.29) is 12.7 Å². The predicted octanol–water partition coefficient (Wildman–Crippen LogP) is 4.23. The molecule has 1 amide bonds. The molecule has 1 aliphatic heterocycles. The summed E-state index contributed by atoms with van der Waals surface area (Å²) < 4.78 is 10.7. The van der Waals surface area contributed by atoms with Crippen LogP contribution in [0.2, 0.25) is 0 Å². The van der Waals surface area contributed by atoms with E-state index in [0.29, 0.717) is 23.7 Å². The molecule has 3 aromatic rings. The van der Waals surface area contributed by atoms with Crippen LogP contribution >= 0.6 is 0 Å². The molecule has 0 saturated carbocycles. The molecule has 5 heteroatoms. The molecule has 0 spiro atoms. The van der Waals surface area contributed by atoms with E-state index in [9.17, 15) is 4.79 Å². The Hall–Kier alpha value is -3.31. The fourth-order valence-electron chi connectivity index (χ4n) is 3.39. The van der Waals surface area contributed by atoms with Crippen LogP contribution in [0, 0.1) is 0 Å². The van der Waals surface area contributed by atoms with Gasteiger partial charge in [0, 0.05) is 18.3 Å². The maximum Gasteiger partial charge on any atom is 0.246 e. The Morgan fingerprint density at radius 3 is 2.39 bits per heavy atom. The van der Waals surface area contributed by atoms with Crippen molar-refractivity contribution in [3.05, 3.63) is 90.0 Å². The fraction of sp³-hybridized carbons (Fsp3) is 0.174. The molecule has 0 bridgehead atoms. The van der Waals surface area contributed by atoms with Crippen LogP contribution in [-0.2, 0) is 11.3 Å². The van der Waals surface area contributed by atoms with Gasteiger partial charge >= 0.3 is 0 Å². The number of carbonyl (C=O) groups excluding carboxylic acids is 1. The Labute approximate surface area is 164 Å². The SMILES string of the molecule is CN(Cc1ccccc1)[C@H](C(=O)Nc1ccc2c(c1)OCO2)c1ccccc1. The molecule has 142 valence electrons. The average Bonchev–Trinajstić information content (AvgIpc) is 3.17. The van der Waals surface area contributed by atoms with Crippen LogP contribution in [0.15, 0.2) is 78.9 Å². The van der Waals surface area contributed by atoms with Gasteiger partial charge in [0.1, 0.15) is 6.04 Å². The van der Waals surface area contributed by atoms with Crippen molar-refractivity contribution in [2.75, 3.05) is 19.2 Å². The number of anilines is 1. The van der Waals surface area contributed by atoms with Crippen molar-refractivity contribution >= 4 is 11.6 Å². The summed E-state index contributed by atoms with van der Waals surface area (Å²) in [5.41, 5.74) is 2.78. The van der Waals surface area contributed by atoms with Crippen LogP contribution in [-0.4, -0.2) is 24.6 Å². The first-order chi connectivity index (χ1) is 13.7. The van der Waals surface area contributed by atoms with Crippen molar-refractivity contribution < 1.29 is 14.3 Å². The Morgan fingerprint density at radius 1 is 0.964 bits per heavy atom. The van der Waals surface area contributed by atoms with Gasteiger partial charge in [-0.1, -0.05) is 60.7 Å². The molecule has 3 aromatic carbocycles. The average molecular weight is 374 g/mol. The van der Waals surface area contributed by atoms with Crippen molar-refractivity contribution in [2.45, 2.75) is 12.6 Å². The second-order valence-corrected chi connectivity index (χ2v) is 6.77. The van der Waals surface area contributed by atoms with Gasteiger partial charge in [-0.05, 0) is 30.3 Å². The van der Waals surface area contributed by atoms with Crippen LogP contribution in [0.5, 0.6) is 11.5 Å². The van der Waals surface area contributed by atoms with Gasteiger partial charge in [-0.25, -0.2) is 0 Å². The lowest BCUT2D eigenvalue weighted by Gasteiger charge is -2.27. The molecule has 0 aliphatic carbocycles. The molecule has 28 heavy (non-hydrogen) atoms. The number of nitrogens with one attached hydrogen (secondary N) is 1. The number of ether oxygens (including phenoxy) is 2. The number of likely N-dealkylation sites (N-methyl/N-ethyl adjacent to an activating group) is 1. The number of amides is 1. The molecule has 0 saturated heterocycles. The van der Waals surface area contributed by atoms with Gasteiger partial charge in [0.25, 0.3) is 0 Å². The Morgan fingerprint density at radius 2 is 1.64 bits per heavy atom. The summed E-state index contributed by atoms with van der Waals surface area (Å²) in [5.74, 6) is 1.24. The van der Waals surface area contributed by atoms with Crippen molar-refractivity contribution in [3.63, 3.8) is 0 Å². The molecule has 0 aromatic heterocycles. The first kappa shape index (κ1) is 18.1. The molecule has 4 rings (SSSR count). The molecule has 0 radical (unpaired) electrons. The molecule has 5 nitrogen and oxygen atoms in total. The van der Waals surface area contributed by atoms with Gasteiger partial charge in [-0.3, -0.25) is 9.69 Å². The van der Waals surface area contributed by atoms with E-state index in [1.165, 1.54) is 0 Å². The number of carbonyl (C=O) groups is 1. The topological polar surface area (TPSA) is 50.8 Å². The van der Waals surface area contributed by atoms with Crippen molar-refractivity contribution in [2.24, 2.45) is 0 Å². The number of rotatable bonds is 6. The van der Waals surface area contributed by atoms with Crippen molar-refractivity contribution in [1.82, 2.24) is 4.90 Å². The van der Waals surface area contributed by atoms with Gasteiger partial charge in [-0.15, -0.1) is 0 Å². The summed E-state index contributed by atoms with van der Waals surface area (Å²) in [7, 11) is 1.96. The first-order valence-electron chi connectivity index (χ1n) is 9.20. The zero-order chi connectivity index (χ0) is 19.3. The smallest absolute Gasteiger partial charge is 0.246 e. The van der Waals surface area contributed by atoms with Crippen molar-refractivity contribution in [1.29, 1.82) is 0 Å². The largest absolute Gasteiger partial charge is 0.454 e. The number of benzene rings is 3. The molecule has 0 fully saturated rings. The zero-order valence-electron chi connectivity index (χ0n) is 15.7. The van der Waals surface area contributed by atoms with Crippen LogP contribution < -0.4 is 14.8 Å². The van der Waals surface area contributed by atoms with Crippen molar-refractivity contribution in [3.8, 4) is 11.5 Å². The summed E-state index contributed by atoms with van der Waals surface area (Å²) in [5, 5.41) is 3.02. The van der Waals surface area contributed by atoms with E-state index >= 15 is 0 Å². The third-order valence-electron chi connectivity index (χ3n) is 4.72. The first-order valence-corrected chi connectivity index (χ1v) is 9.20. The molecule has 1 aliphatic rings. The lowest BCUT2D eigenvalue weighted by Crippen LogP contribution is -2.34. The zero-order valence-corrected chi connectivity index (χ0v) is 15.7. The van der Waals surface area contributed by atoms with E-state index in [2.05, 4.69) is 17.4 Å². The minimum absolute atomic E-state index is 0.0940. The fourth-order valence-corrected chi connectivity index (χ4v) is 3.39. The summed E-state index contributed by atoms with van der Waals surface area (Å²) in [6.07, 6.45) is 0. The lowest BCUT2D eigenvalue weighted by atomic mass is 10.0. The van der Waals surface area contributed by atoms with Gasteiger partial charge in [0.15, 0.2) is 11.5 Å². The monoisotopic (exact) mass is 374 g/mol. The predicted molar refractivity (Wildman–Crippen MR) is 108 cm³/mol. The lowest BCUT2D eigenvalue weighted by molar-refractivity contribution is -0.121. The number of hydrogen-bond donors (Lipinski definition) is 1. The Kier molecular flexibility index (Phi) is 5.26. The highest BCUT2D eigenvalue weighted by molar-refractivity contribution is 5.95. The van der Waals surface area contributed by atoms with Crippen LogP contribution in [0.3, 0.4) is 0 Å². The minimum Gasteiger partial charge on any atom is -0.454 e. The van der Waals surface area contributed by atoms with E-state index in [1.807, 2.05) is 72.6 Å². The second kappa shape index (κ2) is 8.15. The number of nitrogens with zero attached hydrogens (tertiary/aromatic N) is 1. The molecular formula is C23H22N2O3. The van der Waals surface area contributed by atoms with Gasteiger partial charge in [-0.2, -0.15) is 0 Å². The summed E-state index contributed by atoms with van der Waals surface area (Å²) in [6.45, 7) is 0.869. The maximum atomic E-state index is 13.2. The van der Waals surface area contributed by atoms with Crippen LogP contribution in [0.1, 0.15) is 17.2 Å². The molecule has 1 N–H and O–H groups in total. The summed E-state index contributed by atoms with van der Waals surface area (Å²) >= 11 is 0. The summed E-state index contributed by atoms with van der Waals surface area (Å²) in [4.78, 5) is 15.3. The van der Waals surface area contributed by atoms with E-state index in [4.69, 9.17) is 9.47 Å². The Bertz CT molecular complexity index is 945. The standard InChI is InChI=1S/C23H22N2O3/c1-25(15-17-8-4-2-5-9-17)22(18-10-6-3-7-11-18)23(26)24-19-12-13-20-21(14-19)28-16-27-20/h2-14,22H,15-16H2,1H3,(H,24,26)/t22-/m0/s1. The minimum atomic E-state index is -0.424. The second-order valence-electron chi connectivity index (χ2n) is 6.77. The number of fused-ring (bicyclic) bond motifs is 1. The highest BCUT2D eigenvalue weighted by atomic mass is 16.7. The maximum absolute atomic E-state index is 13.2. The van der Waals surface area contributed by atoms with Crippen LogP contribution in [0.4, 0.5) is 5.69 Å². The highest BCUT2D eigenvalue weighted by Gasteiger charge is 2.26. The normalized spacial score (nSPS) is 13.4. The highest BCUT2D eigenvalue weighted by Crippen LogP contribution is 2.34. The molecule has 0 unspecified atom stereocenters. The van der Waals surface area contributed by atoms with E-state index in [0.717, 1.165) is 11.1 Å². The summed E-state index contributed by atoms with van der Waals surface area (Å²) in [6, 6.07) is 24.9. The van der Waals surface area contributed by atoms with Gasteiger partial charge in [0.05, 0.1) is 0 Å². The molecular weight excluding hydrogens is 352 g/mol. The third-order valence-corrected chi connectivity index (χ3v) is 4.72.